The highest BCUT2D eigenvalue weighted by Gasteiger charge is 2.21. The van der Waals surface area contributed by atoms with Crippen LogP contribution in [-0.2, 0) is 9.59 Å². The standard InChI is InChI=1S/C16H21NO4/c18-15(10-5-12-3-4-12)17-13-6-8-14(9-7-13)21-11-1-2-16(19)20/h6-9,12H,1-5,10-11H2,(H,17,18)(H,19,20). The molecular weight excluding hydrogens is 270 g/mol. The van der Waals surface area contributed by atoms with Crippen molar-refractivity contribution in [3.63, 3.8) is 0 Å². The summed E-state index contributed by atoms with van der Waals surface area (Å²) in [7, 11) is 0. The van der Waals surface area contributed by atoms with Gasteiger partial charge in [0.25, 0.3) is 0 Å². The Labute approximate surface area is 124 Å². The van der Waals surface area contributed by atoms with E-state index in [0.717, 1.165) is 18.0 Å². The summed E-state index contributed by atoms with van der Waals surface area (Å²) in [5, 5.41) is 11.4. The number of aliphatic carboxylic acids is 1. The van der Waals surface area contributed by atoms with Gasteiger partial charge in [0.2, 0.25) is 5.91 Å². The van der Waals surface area contributed by atoms with Gasteiger partial charge in [-0.05, 0) is 43.0 Å². The van der Waals surface area contributed by atoms with E-state index in [2.05, 4.69) is 5.32 Å². The number of ether oxygens (including phenoxy) is 1. The van der Waals surface area contributed by atoms with Crippen molar-refractivity contribution < 1.29 is 19.4 Å². The molecule has 0 bridgehead atoms. The van der Waals surface area contributed by atoms with Gasteiger partial charge in [-0.3, -0.25) is 9.59 Å². The number of anilines is 1. The van der Waals surface area contributed by atoms with Crippen molar-refractivity contribution in [2.24, 2.45) is 5.92 Å². The molecule has 1 aromatic rings. The van der Waals surface area contributed by atoms with Crippen LogP contribution in [0.25, 0.3) is 0 Å². The minimum atomic E-state index is -0.817. The van der Waals surface area contributed by atoms with Crippen molar-refractivity contribution in [3.05, 3.63) is 24.3 Å². The summed E-state index contributed by atoms with van der Waals surface area (Å²) in [6, 6.07) is 7.14. The second kappa shape index (κ2) is 7.67. The Kier molecular flexibility index (Phi) is 5.60. The first kappa shape index (κ1) is 15.4. The first-order valence-corrected chi connectivity index (χ1v) is 7.38. The summed E-state index contributed by atoms with van der Waals surface area (Å²) in [6.45, 7) is 0.374. The zero-order chi connectivity index (χ0) is 15.1. The molecule has 0 aliphatic heterocycles. The molecule has 0 aromatic heterocycles. The van der Waals surface area contributed by atoms with Gasteiger partial charge >= 0.3 is 5.97 Å². The van der Waals surface area contributed by atoms with E-state index in [1.54, 1.807) is 24.3 Å². The molecule has 0 saturated heterocycles. The molecule has 5 nitrogen and oxygen atoms in total. The molecule has 1 fully saturated rings. The summed E-state index contributed by atoms with van der Waals surface area (Å²) in [5.41, 5.74) is 0.758. The van der Waals surface area contributed by atoms with Crippen molar-refractivity contribution in [1.82, 2.24) is 0 Å². The third kappa shape index (κ3) is 6.29. The van der Waals surface area contributed by atoms with Crippen LogP contribution in [0.1, 0.15) is 38.5 Å². The topological polar surface area (TPSA) is 75.6 Å². The van der Waals surface area contributed by atoms with Crippen LogP contribution >= 0.6 is 0 Å². The first-order chi connectivity index (χ1) is 10.1. The number of benzene rings is 1. The van der Waals surface area contributed by atoms with E-state index in [4.69, 9.17) is 9.84 Å². The highest BCUT2D eigenvalue weighted by atomic mass is 16.5. The SMILES string of the molecule is O=C(O)CCCOc1ccc(NC(=O)CCC2CC2)cc1. The maximum Gasteiger partial charge on any atom is 0.303 e. The van der Waals surface area contributed by atoms with Gasteiger partial charge in [-0.15, -0.1) is 0 Å². The molecule has 0 radical (unpaired) electrons. The number of carbonyl (C=O) groups is 2. The Morgan fingerprint density at radius 2 is 1.90 bits per heavy atom. The highest BCUT2D eigenvalue weighted by Crippen LogP contribution is 2.33. The van der Waals surface area contributed by atoms with Crippen molar-refractivity contribution in [3.8, 4) is 5.75 Å². The number of carboxylic acid groups (broad SMARTS) is 1. The normalized spacial score (nSPS) is 13.7. The lowest BCUT2D eigenvalue weighted by Gasteiger charge is -2.08. The predicted molar refractivity (Wildman–Crippen MR) is 79.4 cm³/mol. The maximum atomic E-state index is 11.7. The monoisotopic (exact) mass is 291 g/mol. The number of hydrogen-bond acceptors (Lipinski definition) is 3. The van der Waals surface area contributed by atoms with Crippen molar-refractivity contribution >= 4 is 17.6 Å². The summed E-state index contributed by atoms with van der Waals surface area (Å²) in [5.74, 6) is 0.675. The molecule has 2 N–H and O–H groups in total. The number of nitrogens with one attached hydrogen (secondary N) is 1. The first-order valence-electron chi connectivity index (χ1n) is 7.38. The van der Waals surface area contributed by atoms with Crippen molar-refractivity contribution in [1.29, 1.82) is 0 Å². The molecule has 0 atom stereocenters. The minimum absolute atomic E-state index is 0.0528. The van der Waals surface area contributed by atoms with E-state index in [1.165, 1.54) is 12.8 Å². The molecule has 1 aliphatic carbocycles. The molecule has 1 saturated carbocycles. The van der Waals surface area contributed by atoms with Crippen LogP contribution in [0.15, 0.2) is 24.3 Å². The van der Waals surface area contributed by atoms with E-state index in [1.807, 2.05) is 0 Å². The van der Waals surface area contributed by atoms with Gasteiger partial charge in [0, 0.05) is 18.5 Å². The van der Waals surface area contributed by atoms with Crippen molar-refractivity contribution in [2.75, 3.05) is 11.9 Å². The van der Waals surface area contributed by atoms with Gasteiger partial charge in [-0.25, -0.2) is 0 Å². The molecule has 114 valence electrons. The van der Waals surface area contributed by atoms with E-state index in [0.29, 0.717) is 25.2 Å². The Bertz CT molecular complexity index is 480. The largest absolute Gasteiger partial charge is 0.494 e. The quantitative estimate of drug-likeness (QED) is 0.686. The predicted octanol–water partition coefficient (Wildman–Crippen LogP) is 3.06. The van der Waals surface area contributed by atoms with Gasteiger partial charge in [-0.1, -0.05) is 12.8 Å². The van der Waals surface area contributed by atoms with Crippen LogP contribution in [0.4, 0.5) is 5.69 Å². The van der Waals surface area contributed by atoms with Crippen LogP contribution in [0, 0.1) is 5.92 Å². The Balaban J connectivity index is 1.67. The summed E-state index contributed by atoms with van der Waals surface area (Å²) >= 11 is 0. The fraction of sp³-hybridized carbons (Fsp3) is 0.500. The van der Waals surface area contributed by atoms with Crippen LogP contribution in [0.5, 0.6) is 5.75 Å². The Morgan fingerprint density at radius 3 is 2.52 bits per heavy atom. The van der Waals surface area contributed by atoms with Crippen LogP contribution in [0.3, 0.4) is 0 Å². The molecule has 1 aromatic carbocycles. The second-order valence-electron chi connectivity index (χ2n) is 5.40. The minimum Gasteiger partial charge on any atom is -0.494 e. The molecule has 0 spiro atoms. The average molecular weight is 291 g/mol. The Hall–Kier alpha value is -2.04. The molecule has 0 unspecified atom stereocenters. The summed E-state index contributed by atoms with van der Waals surface area (Å²) in [4.78, 5) is 22.1. The van der Waals surface area contributed by atoms with Crippen molar-refractivity contribution in [2.45, 2.75) is 38.5 Å². The fourth-order valence-corrected chi connectivity index (χ4v) is 2.01. The lowest BCUT2D eigenvalue weighted by atomic mass is 10.2. The van der Waals surface area contributed by atoms with Crippen LogP contribution in [0.2, 0.25) is 0 Å². The molecule has 0 heterocycles. The lowest BCUT2D eigenvalue weighted by molar-refractivity contribution is -0.137. The number of carbonyl (C=O) groups excluding carboxylic acids is 1. The molecule has 1 amide bonds. The summed E-state index contributed by atoms with van der Waals surface area (Å²) < 4.78 is 5.43. The molecule has 2 rings (SSSR count). The van der Waals surface area contributed by atoms with Gasteiger partial charge in [0.15, 0.2) is 0 Å². The van der Waals surface area contributed by atoms with E-state index < -0.39 is 5.97 Å². The van der Waals surface area contributed by atoms with E-state index in [9.17, 15) is 9.59 Å². The molecular formula is C16H21NO4. The third-order valence-electron chi connectivity index (χ3n) is 3.42. The average Bonchev–Trinajstić information content (AvgIpc) is 3.27. The Morgan fingerprint density at radius 1 is 1.19 bits per heavy atom. The van der Waals surface area contributed by atoms with Gasteiger partial charge < -0.3 is 15.2 Å². The third-order valence-corrected chi connectivity index (χ3v) is 3.42. The van der Waals surface area contributed by atoms with E-state index in [-0.39, 0.29) is 12.3 Å². The number of rotatable bonds is 9. The van der Waals surface area contributed by atoms with Crippen LogP contribution < -0.4 is 10.1 Å². The molecule has 5 heteroatoms. The smallest absolute Gasteiger partial charge is 0.303 e. The van der Waals surface area contributed by atoms with Gasteiger partial charge in [-0.2, -0.15) is 0 Å². The zero-order valence-corrected chi connectivity index (χ0v) is 12.0. The number of carboxylic acids is 1. The lowest BCUT2D eigenvalue weighted by Crippen LogP contribution is -2.11. The van der Waals surface area contributed by atoms with Crippen LogP contribution in [-0.4, -0.2) is 23.6 Å². The van der Waals surface area contributed by atoms with Gasteiger partial charge in [0.05, 0.1) is 6.61 Å². The number of amides is 1. The fourth-order valence-electron chi connectivity index (χ4n) is 2.01. The zero-order valence-electron chi connectivity index (χ0n) is 12.0. The molecule has 1 aliphatic rings. The van der Waals surface area contributed by atoms with E-state index >= 15 is 0 Å². The number of hydrogen-bond donors (Lipinski definition) is 2. The molecule has 21 heavy (non-hydrogen) atoms. The second-order valence-corrected chi connectivity index (χ2v) is 5.40. The maximum absolute atomic E-state index is 11.7. The van der Waals surface area contributed by atoms with Gasteiger partial charge in [0.1, 0.15) is 5.75 Å². The summed E-state index contributed by atoms with van der Waals surface area (Å²) in [6.07, 6.45) is 4.68. The highest BCUT2D eigenvalue weighted by molar-refractivity contribution is 5.90.